The predicted molar refractivity (Wildman–Crippen MR) is 153 cm³/mol. The molecule has 0 spiro atoms. The van der Waals surface area contributed by atoms with Gasteiger partial charge in [-0.3, -0.25) is 9.59 Å². The minimum absolute atomic E-state index is 0. The van der Waals surface area contributed by atoms with Gasteiger partial charge in [-0.25, -0.2) is 13.2 Å². The second-order valence-corrected chi connectivity index (χ2v) is 9.43. The van der Waals surface area contributed by atoms with Gasteiger partial charge in [-0.05, 0) is 60.4 Å². The first-order chi connectivity index (χ1) is 20.0. The molecule has 4 rings (SSSR count). The normalized spacial score (nSPS) is 12.5. The number of rotatable bonds is 6. The average molecular weight is 594 g/mol. The van der Waals surface area contributed by atoms with Crippen LogP contribution in [0.4, 0.5) is 30.4 Å². The lowest BCUT2D eigenvalue weighted by atomic mass is 9.94. The van der Waals surface area contributed by atoms with Crippen molar-refractivity contribution in [1.29, 1.82) is 0 Å². The molecular formula is C32H30BF7O2. The Balaban J connectivity index is 0.000000375. The predicted octanol–water partition coefficient (Wildman–Crippen LogP) is 9.92. The molecule has 10 heteroatoms. The summed E-state index contributed by atoms with van der Waals surface area (Å²) in [5.74, 6) is -1.71. The molecule has 2 unspecified atom stereocenters. The van der Waals surface area contributed by atoms with E-state index in [1.807, 2.05) is 0 Å². The van der Waals surface area contributed by atoms with Gasteiger partial charge in [0, 0.05) is 23.0 Å². The van der Waals surface area contributed by atoms with Crippen LogP contribution >= 0.6 is 0 Å². The maximum absolute atomic E-state index is 14.1. The third-order valence-corrected chi connectivity index (χ3v) is 6.39. The van der Waals surface area contributed by atoms with Crippen LogP contribution in [-0.2, 0) is 9.59 Å². The first-order valence-corrected chi connectivity index (χ1v) is 12.8. The van der Waals surface area contributed by atoms with E-state index in [1.54, 1.807) is 62.4 Å². The Labute approximate surface area is 243 Å². The lowest BCUT2D eigenvalue weighted by molar-refractivity contribution is -0.118. The molecule has 0 radical (unpaired) electrons. The van der Waals surface area contributed by atoms with E-state index in [4.69, 9.17) is 1.37 Å². The largest absolute Gasteiger partial charge is 1.00 e. The Morgan fingerprint density at radius 1 is 0.667 bits per heavy atom. The Morgan fingerprint density at radius 2 is 1.02 bits per heavy atom. The van der Waals surface area contributed by atoms with E-state index in [9.17, 15) is 40.0 Å². The fourth-order valence-corrected chi connectivity index (χ4v) is 3.73. The van der Waals surface area contributed by atoms with Crippen molar-refractivity contribution in [2.24, 2.45) is 0 Å². The topological polar surface area (TPSA) is 34.1 Å². The molecule has 2 atom stereocenters. The Morgan fingerprint density at radius 3 is 1.36 bits per heavy atom. The van der Waals surface area contributed by atoms with Gasteiger partial charge in [-0.15, -0.1) is 0 Å². The zero-order valence-electron chi connectivity index (χ0n) is 25.3. The standard InChI is InChI=1S/C16H14F2O.C16H15FO.BF4/c1-10(11(2)19)13-5-8-15(16(18)9-13)12-3-6-14(17)7-4-12;1-11(12(2)18)14-8-9-15(16(17)10-14)13-6-4-3-5-7-13;2-1(3,4)5/h3-10H,1-2H3;3-11H,1-2H3;/q;;-1/p+1/i;3T;/hT. The number of carbonyl (C=O) groups excluding carboxylic acids is 2. The van der Waals surface area contributed by atoms with Crippen molar-refractivity contribution in [3.8, 4) is 22.3 Å². The maximum atomic E-state index is 14.1. The molecule has 0 heterocycles. The molecule has 0 saturated carbocycles. The van der Waals surface area contributed by atoms with Crippen molar-refractivity contribution in [3.05, 3.63) is 120 Å². The summed E-state index contributed by atoms with van der Waals surface area (Å²) in [5.41, 5.74) is 3.57. The van der Waals surface area contributed by atoms with Crippen molar-refractivity contribution in [1.82, 2.24) is 0 Å². The molecule has 4 aromatic rings. The van der Waals surface area contributed by atoms with Gasteiger partial charge in [-0.2, -0.15) is 0 Å². The summed E-state index contributed by atoms with van der Waals surface area (Å²) in [6, 6.07) is 22.3. The Bertz CT molecular complexity index is 1430. The molecule has 0 aliphatic heterocycles. The fraction of sp³-hybridized carbons (Fsp3) is 0.188. The van der Waals surface area contributed by atoms with E-state index in [-0.39, 0.29) is 36.5 Å². The number of hydrogen-bond acceptors (Lipinski definition) is 2. The number of benzene rings is 4. The van der Waals surface area contributed by atoms with Crippen LogP contribution in [0.15, 0.2) is 91.0 Å². The zero-order chi connectivity index (χ0) is 32.5. The lowest BCUT2D eigenvalue weighted by Crippen LogP contribution is -2.04. The summed E-state index contributed by atoms with van der Waals surface area (Å²) in [7, 11) is -6.00. The Kier molecular flexibility index (Phi) is 11.7. The van der Waals surface area contributed by atoms with E-state index in [2.05, 4.69) is 0 Å². The fourth-order valence-electron chi connectivity index (χ4n) is 3.73. The molecule has 2 nitrogen and oxygen atoms in total. The number of hydrogen-bond donors (Lipinski definition) is 0. The van der Waals surface area contributed by atoms with Crippen LogP contribution in [0.1, 0.15) is 53.5 Å². The van der Waals surface area contributed by atoms with E-state index in [0.29, 0.717) is 33.9 Å². The molecule has 0 aromatic heterocycles. The van der Waals surface area contributed by atoms with E-state index in [0.717, 1.165) is 5.56 Å². The highest BCUT2D eigenvalue weighted by atomic mass is 19.5. The summed E-state index contributed by atoms with van der Waals surface area (Å²) in [5, 5.41) is 0. The average Bonchev–Trinajstić information content (AvgIpc) is 2.92. The molecule has 0 aliphatic carbocycles. The first kappa shape index (κ1) is 32.3. The highest BCUT2D eigenvalue weighted by Gasteiger charge is 2.20. The molecule has 0 aliphatic rings. The molecule has 4 aromatic carbocycles. The van der Waals surface area contributed by atoms with Gasteiger partial charge in [0.1, 0.15) is 29.0 Å². The molecule has 42 heavy (non-hydrogen) atoms. The van der Waals surface area contributed by atoms with Crippen molar-refractivity contribution >= 4 is 18.8 Å². The highest BCUT2D eigenvalue weighted by Crippen LogP contribution is 2.28. The minimum atomic E-state index is -6.00. The van der Waals surface area contributed by atoms with E-state index in [1.165, 1.54) is 50.2 Å². The number of carbonyl (C=O) groups is 2. The smallest absolute Gasteiger partial charge is 0.418 e. The van der Waals surface area contributed by atoms with E-state index >= 15 is 0 Å². The van der Waals surface area contributed by atoms with Crippen LogP contribution in [0.3, 0.4) is 0 Å². The second-order valence-electron chi connectivity index (χ2n) is 9.43. The van der Waals surface area contributed by atoms with Crippen molar-refractivity contribution in [2.75, 3.05) is 0 Å². The number of Topliss-reactive ketones (excluding diaryl/α,β-unsaturated/α-hetero) is 2. The molecule has 0 bridgehead atoms. The van der Waals surface area contributed by atoms with Crippen LogP contribution in [0.2, 0.25) is 0 Å². The molecule has 0 N–H and O–H groups in total. The minimum Gasteiger partial charge on any atom is -0.418 e. The molecule has 0 amide bonds. The summed E-state index contributed by atoms with van der Waals surface area (Å²) in [6.45, 7) is 6.50. The highest BCUT2D eigenvalue weighted by molar-refractivity contribution is 6.50. The number of ketones is 2. The molecule has 222 valence electrons. The van der Waals surface area contributed by atoms with E-state index < -0.39 is 13.1 Å². The van der Waals surface area contributed by atoms with Crippen LogP contribution in [0, 0.1) is 17.5 Å². The Hall–Kier alpha value is -4.21. The van der Waals surface area contributed by atoms with Gasteiger partial charge in [0.25, 0.3) is 0 Å². The summed E-state index contributed by atoms with van der Waals surface area (Å²) < 4.78 is 87.4. The van der Waals surface area contributed by atoms with Crippen molar-refractivity contribution < 1.29 is 42.8 Å². The third kappa shape index (κ3) is 10.6. The van der Waals surface area contributed by atoms with Crippen LogP contribution in [-0.4, -0.2) is 18.8 Å². The van der Waals surface area contributed by atoms with Crippen molar-refractivity contribution in [2.45, 2.75) is 39.5 Å². The van der Waals surface area contributed by atoms with Crippen LogP contribution < -0.4 is 0 Å². The monoisotopic (exact) mass is 594 g/mol. The summed E-state index contributed by atoms with van der Waals surface area (Å²) in [4.78, 5) is 22.6. The third-order valence-electron chi connectivity index (χ3n) is 6.39. The van der Waals surface area contributed by atoms with Gasteiger partial charge >= 0.3 is 8.68 Å². The van der Waals surface area contributed by atoms with Crippen molar-refractivity contribution in [3.63, 3.8) is 0 Å². The van der Waals surface area contributed by atoms with Crippen LogP contribution in [0.5, 0.6) is 0 Å². The van der Waals surface area contributed by atoms with Gasteiger partial charge in [0.05, 0.1) is 1.37 Å². The van der Waals surface area contributed by atoms with Gasteiger partial charge < -0.3 is 17.3 Å². The second kappa shape index (κ2) is 15.1. The molecule has 0 fully saturated rings. The summed E-state index contributed by atoms with van der Waals surface area (Å²) >= 11 is 0. The quantitative estimate of drug-likeness (QED) is 0.165. The lowest BCUT2D eigenvalue weighted by Gasteiger charge is -2.10. The van der Waals surface area contributed by atoms with Gasteiger partial charge in [0.2, 0.25) is 0 Å². The van der Waals surface area contributed by atoms with Crippen LogP contribution in [0.25, 0.3) is 22.3 Å². The summed E-state index contributed by atoms with van der Waals surface area (Å²) in [6.07, 6.45) is 0. The number of halogens is 7. The zero-order valence-corrected chi connectivity index (χ0v) is 23.3. The molecular weight excluding hydrogens is 560 g/mol. The molecule has 0 saturated heterocycles. The van der Waals surface area contributed by atoms with Gasteiger partial charge in [0.15, 0.2) is 0 Å². The first-order valence-electron chi connectivity index (χ1n) is 13.3. The maximum Gasteiger partial charge on any atom is 1.00 e. The SMILES string of the molecule is CC(=O)C(C)c1ccc(-c2ccc(F)cc2)c(F)c1.F[B-](F)(F)F.[3H+].[3H]c1ccc(-c2ccc(C(C)C(C)=O)cc2F)cc1. The van der Waals surface area contributed by atoms with Gasteiger partial charge in [-0.1, -0.05) is 80.6 Å².